The van der Waals surface area contributed by atoms with Crippen LogP contribution in [0.3, 0.4) is 0 Å². The average Bonchev–Trinajstić information content (AvgIpc) is 2.42. The molecule has 1 fully saturated rings. The number of nitrogens with one attached hydrogen (secondary N) is 1. The summed E-state index contributed by atoms with van der Waals surface area (Å²) in [5.74, 6) is 0.175. The first-order chi connectivity index (χ1) is 9.19. The van der Waals surface area contributed by atoms with Crippen LogP contribution in [0.4, 0.5) is 0 Å². The number of rotatable bonds is 8. The van der Waals surface area contributed by atoms with Gasteiger partial charge in [-0.25, -0.2) is 0 Å². The fourth-order valence-electron chi connectivity index (χ4n) is 2.24. The first-order valence-corrected chi connectivity index (χ1v) is 6.89. The summed E-state index contributed by atoms with van der Waals surface area (Å²) in [5.41, 5.74) is 0. The number of piperazine rings is 1. The molecule has 21 heavy (non-hydrogen) atoms. The maximum absolute atomic E-state index is 12.0. The fraction of sp³-hybridized carbons (Fsp3) is 0.923. The third-order valence-electron chi connectivity index (χ3n) is 3.46. The van der Waals surface area contributed by atoms with Crippen LogP contribution in [0.1, 0.15) is 6.92 Å². The summed E-state index contributed by atoms with van der Waals surface area (Å²) in [6.45, 7) is 8.12. The summed E-state index contributed by atoms with van der Waals surface area (Å²) < 4.78 is 10.0. The Morgan fingerprint density at radius 3 is 2.43 bits per heavy atom. The third-order valence-corrected chi connectivity index (χ3v) is 3.46. The minimum Gasteiger partial charge on any atom is -0.383 e. The lowest BCUT2D eigenvalue weighted by molar-refractivity contribution is -0.133. The van der Waals surface area contributed by atoms with Crippen molar-refractivity contribution in [2.75, 3.05) is 66.7 Å². The maximum Gasteiger partial charge on any atom is 0.236 e. The zero-order valence-corrected chi connectivity index (χ0v) is 14.8. The second-order valence-electron chi connectivity index (χ2n) is 4.89. The van der Waals surface area contributed by atoms with Crippen LogP contribution >= 0.6 is 24.8 Å². The maximum atomic E-state index is 12.0. The molecule has 1 aliphatic heterocycles. The molecule has 0 aliphatic carbocycles. The Labute approximate surface area is 140 Å². The predicted molar refractivity (Wildman–Crippen MR) is 88.7 cm³/mol. The molecule has 1 heterocycles. The molecule has 0 aromatic carbocycles. The van der Waals surface area contributed by atoms with Gasteiger partial charge in [0.15, 0.2) is 0 Å². The number of hydrogen-bond donors (Lipinski definition) is 1. The molecule has 1 aliphatic rings. The Kier molecular flexibility index (Phi) is 14.9. The van der Waals surface area contributed by atoms with Gasteiger partial charge in [0, 0.05) is 53.0 Å². The van der Waals surface area contributed by atoms with E-state index >= 15 is 0 Å². The predicted octanol–water partition coefficient (Wildman–Crippen LogP) is 0.245. The van der Waals surface area contributed by atoms with E-state index in [1.54, 1.807) is 14.2 Å². The molecule has 0 saturated carbocycles. The molecule has 6 nitrogen and oxygen atoms in total. The zero-order chi connectivity index (χ0) is 14.1. The van der Waals surface area contributed by atoms with Gasteiger partial charge >= 0.3 is 0 Å². The van der Waals surface area contributed by atoms with Crippen molar-refractivity contribution in [3.63, 3.8) is 0 Å². The van der Waals surface area contributed by atoms with Crippen molar-refractivity contribution in [2.45, 2.75) is 13.0 Å². The monoisotopic (exact) mass is 345 g/mol. The van der Waals surface area contributed by atoms with Gasteiger partial charge in [-0.15, -0.1) is 24.8 Å². The number of ether oxygens (including phenoxy) is 2. The van der Waals surface area contributed by atoms with Crippen LogP contribution in [0.15, 0.2) is 0 Å². The van der Waals surface area contributed by atoms with Gasteiger partial charge in [-0.1, -0.05) is 0 Å². The summed E-state index contributed by atoms with van der Waals surface area (Å²) in [4.78, 5) is 16.3. The van der Waals surface area contributed by atoms with Crippen molar-refractivity contribution in [1.82, 2.24) is 15.1 Å². The number of methoxy groups -OCH3 is 2. The fourth-order valence-corrected chi connectivity index (χ4v) is 2.24. The lowest BCUT2D eigenvalue weighted by Gasteiger charge is -2.39. The molecule has 8 heteroatoms. The van der Waals surface area contributed by atoms with E-state index in [4.69, 9.17) is 9.47 Å². The van der Waals surface area contributed by atoms with Gasteiger partial charge in [-0.05, 0) is 6.92 Å². The number of hydrogen-bond acceptors (Lipinski definition) is 5. The Hall–Kier alpha value is -0.110. The molecule has 0 radical (unpaired) electrons. The van der Waals surface area contributed by atoms with E-state index in [9.17, 15) is 4.79 Å². The Morgan fingerprint density at radius 2 is 1.86 bits per heavy atom. The SMILES string of the molecule is COCCNCC(=O)N1CCN(CCOC)C(C)C1.Cl.Cl. The molecule has 0 bridgehead atoms. The van der Waals surface area contributed by atoms with Gasteiger partial charge in [0.25, 0.3) is 0 Å². The second kappa shape index (κ2) is 13.5. The van der Waals surface area contributed by atoms with Crippen LogP contribution < -0.4 is 5.32 Å². The summed E-state index contributed by atoms with van der Waals surface area (Å²) in [6, 6.07) is 0.395. The standard InChI is InChI=1S/C13H27N3O3.2ClH/c1-12-11-16(6-5-15(12)7-9-19-3)13(17)10-14-4-8-18-2;;/h12,14H,4-11H2,1-3H3;2*1H. The van der Waals surface area contributed by atoms with E-state index in [0.29, 0.717) is 25.7 Å². The Bertz CT molecular complexity index is 273. The van der Waals surface area contributed by atoms with Gasteiger partial charge in [0.1, 0.15) is 0 Å². The molecule has 1 amide bonds. The van der Waals surface area contributed by atoms with Crippen molar-refractivity contribution in [1.29, 1.82) is 0 Å². The van der Waals surface area contributed by atoms with Crippen LogP contribution in [0, 0.1) is 0 Å². The minimum atomic E-state index is 0. The van der Waals surface area contributed by atoms with Gasteiger partial charge < -0.3 is 19.7 Å². The average molecular weight is 346 g/mol. The van der Waals surface area contributed by atoms with Crippen LogP contribution in [-0.2, 0) is 14.3 Å². The van der Waals surface area contributed by atoms with Crippen molar-refractivity contribution in [3.05, 3.63) is 0 Å². The largest absolute Gasteiger partial charge is 0.383 e. The number of nitrogens with zero attached hydrogens (tertiary/aromatic N) is 2. The molecule has 128 valence electrons. The van der Waals surface area contributed by atoms with Crippen LogP contribution in [0.25, 0.3) is 0 Å². The normalized spacial score (nSPS) is 18.8. The third kappa shape index (κ3) is 8.80. The van der Waals surface area contributed by atoms with E-state index in [1.165, 1.54) is 0 Å². The molecule has 0 aromatic heterocycles. The number of carbonyl (C=O) groups excluding carboxylic acids is 1. The lowest BCUT2D eigenvalue weighted by atomic mass is 10.2. The second-order valence-corrected chi connectivity index (χ2v) is 4.89. The van der Waals surface area contributed by atoms with Gasteiger partial charge in [0.2, 0.25) is 5.91 Å². The molecule has 1 N–H and O–H groups in total. The van der Waals surface area contributed by atoms with Crippen molar-refractivity contribution in [3.8, 4) is 0 Å². The highest BCUT2D eigenvalue weighted by molar-refractivity contribution is 5.85. The van der Waals surface area contributed by atoms with Crippen LogP contribution in [-0.4, -0.2) is 88.5 Å². The lowest BCUT2D eigenvalue weighted by Crippen LogP contribution is -2.55. The number of carbonyl (C=O) groups is 1. The van der Waals surface area contributed by atoms with E-state index < -0.39 is 0 Å². The molecular formula is C13H29Cl2N3O3. The van der Waals surface area contributed by atoms with Gasteiger partial charge in [-0.2, -0.15) is 0 Å². The van der Waals surface area contributed by atoms with E-state index in [2.05, 4.69) is 17.1 Å². The highest BCUT2D eigenvalue weighted by atomic mass is 35.5. The van der Waals surface area contributed by atoms with E-state index in [-0.39, 0.29) is 30.7 Å². The van der Waals surface area contributed by atoms with Crippen LogP contribution in [0.2, 0.25) is 0 Å². The first-order valence-electron chi connectivity index (χ1n) is 6.89. The minimum absolute atomic E-state index is 0. The molecule has 1 atom stereocenters. The first kappa shape index (κ1) is 23.2. The van der Waals surface area contributed by atoms with Crippen molar-refractivity contribution >= 4 is 30.7 Å². The van der Waals surface area contributed by atoms with Gasteiger partial charge in [-0.3, -0.25) is 9.69 Å². The molecule has 1 unspecified atom stereocenters. The molecule has 1 rings (SSSR count). The van der Waals surface area contributed by atoms with E-state index in [1.807, 2.05) is 4.90 Å². The Balaban J connectivity index is 0. The smallest absolute Gasteiger partial charge is 0.236 e. The zero-order valence-electron chi connectivity index (χ0n) is 13.2. The number of halogens is 2. The van der Waals surface area contributed by atoms with Crippen molar-refractivity contribution in [2.24, 2.45) is 0 Å². The molecule has 1 saturated heterocycles. The van der Waals surface area contributed by atoms with Crippen LogP contribution in [0.5, 0.6) is 0 Å². The Morgan fingerprint density at radius 1 is 1.19 bits per heavy atom. The van der Waals surface area contributed by atoms with Crippen molar-refractivity contribution < 1.29 is 14.3 Å². The summed E-state index contributed by atoms with van der Waals surface area (Å²) in [5, 5.41) is 3.09. The topological polar surface area (TPSA) is 54.0 Å². The summed E-state index contributed by atoms with van der Waals surface area (Å²) in [6.07, 6.45) is 0. The molecule has 0 spiro atoms. The van der Waals surface area contributed by atoms with E-state index in [0.717, 1.165) is 32.8 Å². The summed E-state index contributed by atoms with van der Waals surface area (Å²) >= 11 is 0. The summed E-state index contributed by atoms with van der Waals surface area (Å²) in [7, 11) is 3.38. The molecule has 0 aromatic rings. The molecular weight excluding hydrogens is 317 g/mol. The highest BCUT2D eigenvalue weighted by Crippen LogP contribution is 2.09. The number of amides is 1. The quantitative estimate of drug-likeness (QED) is 0.639. The van der Waals surface area contributed by atoms with Gasteiger partial charge in [0.05, 0.1) is 19.8 Å². The highest BCUT2D eigenvalue weighted by Gasteiger charge is 2.25.